The van der Waals surface area contributed by atoms with E-state index < -0.39 is 0 Å². The lowest BCUT2D eigenvalue weighted by Crippen LogP contribution is -2.70. The van der Waals surface area contributed by atoms with Crippen LogP contribution in [0.15, 0.2) is 0 Å². The van der Waals surface area contributed by atoms with Crippen molar-refractivity contribution in [3.8, 4) is 0 Å². The van der Waals surface area contributed by atoms with Crippen molar-refractivity contribution in [1.82, 2.24) is 4.90 Å². The van der Waals surface area contributed by atoms with Crippen molar-refractivity contribution in [2.75, 3.05) is 34.7 Å². The molecule has 0 rings (SSSR count). The van der Waals surface area contributed by atoms with Gasteiger partial charge in [0, 0.05) is 12.8 Å². The summed E-state index contributed by atoms with van der Waals surface area (Å²) in [5, 5.41) is 0. The second-order valence-corrected chi connectivity index (χ2v) is 8.82. The van der Waals surface area contributed by atoms with Gasteiger partial charge in [-0.15, -0.1) is 0 Å². The zero-order chi connectivity index (χ0) is 17.6. The minimum Gasteiger partial charge on any atom is -0.330 e. The Hall–Kier alpha value is -0.160. The summed E-state index contributed by atoms with van der Waals surface area (Å²) in [6.45, 7) is 10.2. The fraction of sp³-hybridized carbons (Fsp3) is 1.00. The summed E-state index contributed by atoms with van der Waals surface area (Å²) < 4.78 is 0.499. The molecule has 0 fully saturated rings. The predicted octanol–water partition coefficient (Wildman–Crippen LogP) is 3.18. The molecule has 0 aliphatic carbocycles. The zero-order valence-corrected chi connectivity index (χ0v) is 16.6. The minimum atomic E-state index is -0.00584. The molecule has 4 heteroatoms. The van der Waals surface area contributed by atoms with E-state index in [2.05, 4.69) is 60.8 Å². The summed E-state index contributed by atoms with van der Waals surface area (Å²) in [4.78, 5) is 2.35. The van der Waals surface area contributed by atoms with Gasteiger partial charge < -0.3 is 5.73 Å². The Labute approximate surface area is 139 Å². The van der Waals surface area contributed by atoms with Gasteiger partial charge in [0.05, 0.1) is 14.1 Å². The molecule has 2 unspecified atom stereocenters. The first-order chi connectivity index (χ1) is 9.88. The predicted molar refractivity (Wildman–Crippen MR) is 98.1 cm³/mol. The van der Waals surface area contributed by atoms with Crippen molar-refractivity contribution in [1.29, 1.82) is 0 Å². The molecule has 0 bridgehead atoms. The van der Waals surface area contributed by atoms with Crippen molar-refractivity contribution in [3.63, 3.8) is 0 Å². The van der Waals surface area contributed by atoms with Crippen LogP contribution >= 0.6 is 0 Å². The third-order valence-electron chi connectivity index (χ3n) is 5.64. The van der Waals surface area contributed by atoms with Crippen molar-refractivity contribution >= 4 is 0 Å². The number of nitrogens with zero attached hydrogens (tertiary/aromatic N) is 2. The molecule has 0 aromatic rings. The van der Waals surface area contributed by atoms with E-state index in [1.54, 1.807) is 0 Å². The fourth-order valence-corrected chi connectivity index (χ4v) is 3.27. The second kappa shape index (κ2) is 8.62. The molecular weight excluding hydrogens is 272 g/mol. The van der Waals surface area contributed by atoms with E-state index in [0.29, 0.717) is 15.9 Å². The van der Waals surface area contributed by atoms with Crippen LogP contribution in [0, 0.1) is 11.3 Å². The Morgan fingerprint density at radius 1 is 1.00 bits per heavy atom. The molecule has 0 radical (unpaired) electrons. The standard InChI is InChI=1S/C18H43N4/c1-16(17(2,3)4)12-14-18(21(5)6,22(7,8)20)13-10-9-11-15-19/h16H,9-15,19-20H2,1-8H3/q+1. The number of nitrogens with two attached hydrogens (primary N) is 2. The summed E-state index contributed by atoms with van der Waals surface area (Å²) >= 11 is 0. The molecule has 4 N–H and O–H groups in total. The van der Waals surface area contributed by atoms with Crippen LogP contribution in [0.4, 0.5) is 0 Å². The molecule has 134 valence electrons. The van der Waals surface area contributed by atoms with Gasteiger partial charge in [0.15, 0.2) is 5.66 Å². The summed E-state index contributed by atoms with van der Waals surface area (Å²) in [6.07, 6.45) is 6.96. The molecule has 0 aromatic heterocycles. The number of rotatable bonds is 10. The summed E-state index contributed by atoms with van der Waals surface area (Å²) in [6, 6.07) is 0. The van der Waals surface area contributed by atoms with Gasteiger partial charge in [-0.3, -0.25) is 4.90 Å². The van der Waals surface area contributed by atoms with Crippen LogP contribution < -0.4 is 11.6 Å². The molecule has 0 aliphatic rings. The lowest BCUT2D eigenvalue weighted by molar-refractivity contribution is -0.967. The van der Waals surface area contributed by atoms with E-state index >= 15 is 0 Å². The largest absolute Gasteiger partial charge is 0.330 e. The number of hydrogen-bond donors (Lipinski definition) is 2. The molecule has 0 saturated carbocycles. The molecule has 0 saturated heterocycles. The average Bonchev–Trinajstić information content (AvgIpc) is 2.34. The van der Waals surface area contributed by atoms with E-state index in [0.717, 1.165) is 25.8 Å². The smallest absolute Gasteiger partial charge is 0.172 e. The maximum atomic E-state index is 6.60. The van der Waals surface area contributed by atoms with Crippen LogP contribution in [0.25, 0.3) is 0 Å². The SMILES string of the molecule is CC(CCC(CCCCCN)(N(C)C)[N+](C)(C)N)C(C)(C)C. The lowest BCUT2D eigenvalue weighted by atomic mass is 9.77. The van der Waals surface area contributed by atoms with Crippen LogP contribution in [0.5, 0.6) is 0 Å². The second-order valence-electron chi connectivity index (χ2n) is 8.82. The van der Waals surface area contributed by atoms with Gasteiger partial charge in [0.25, 0.3) is 0 Å². The summed E-state index contributed by atoms with van der Waals surface area (Å²) in [5.74, 6) is 7.28. The highest BCUT2D eigenvalue weighted by molar-refractivity contribution is 4.81. The van der Waals surface area contributed by atoms with Crippen molar-refractivity contribution in [2.45, 2.75) is 71.9 Å². The van der Waals surface area contributed by atoms with Gasteiger partial charge in [-0.25, -0.2) is 4.59 Å². The fourth-order valence-electron chi connectivity index (χ4n) is 3.27. The molecule has 0 aliphatic heterocycles. The Balaban J connectivity index is 5.06. The Kier molecular flexibility index (Phi) is 8.56. The molecule has 0 aromatic carbocycles. The Morgan fingerprint density at radius 3 is 1.91 bits per heavy atom. The molecule has 22 heavy (non-hydrogen) atoms. The van der Waals surface area contributed by atoms with Gasteiger partial charge in [0.2, 0.25) is 0 Å². The van der Waals surface area contributed by atoms with E-state index in [4.69, 9.17) is 11.6 Å². The number of hydrogen-bond acceptors (Lipinski definition) is 3. The minimum absolute atomic E-state index is 0.00584. The Morgan fingerprint density at radius 2 is 1.55 bits per heavy atom. The van der Waals surface area contributed by atoms with Gasteiger partial charge >= 0.3 is 0 Å². The van der Waals surface area contributed by atoms with E-state index in [-0.39, 0.29) is 5.66 Å². The van der Waals surface area contributed by atoms with Crippen LogP contribution in [0.2, 0.25) is 0 Å². The Bertz CT molecular complexity index is 301. The van der Waals surface area contributed by atoms with Crippen LogP contribution in [0.1, 0.15) is 66.2 Å². The molecule has 0 spiro atoms. The van der Waals surface area contributed by atoms with Crippen molar-refractivity contribution < 1.29 is 4.59 Å². The molecule has 0 amide bonds. The first kappa shape index (κ1) is 21.8. The van der Waals surface area contributed by atoms with Crippen LogP contribution in [-0.4, -0.2) is 49.9 Å². The van der Waals surface area contributed by atoms with Crippen molar-refractivity contribution in [3.05, 3.63) is 0 Å². The maximum absolute atomic E-state index is 6.60. The van der Waals surface area contributed by atoms with E-state index in [1.165, 1.54) is 19.3 Å². The number of quaternary nitrogens is 1. The van der Waals surface area contributed by atoms with Gasteiger partial charge in [-0.05, 0) is 51.2 Å². The average molecular weight is 316 g/mol. The quantitative estimate of drug-likeness (QED) is 0.214. The topological polar surface area (TPSA) is 55.3 Å². The molecule has 0 heterocycles. The normalized spacial score (nSPS) is 17.6. The highest BCUT2D eigenvalue weighted by atomic mass is 15.6. The third kappa shape index (κ3) is 6.15. The highest BCUT2D eigenvalue weighted by Gasteiger charge is 2.46. The molecule has 2 atom stereocenters. The van der Waals surface area contributed by atoms with Crippen LogP contribution in [-0.2, 0) is 0 Å². The molecular formula is C18H43N4+. The monoisotopic (exact) mass is 315 g/mol. The first-order valence-corrected chi connectivity index (χ1v) is 8.88. The highest BCUT2D eigenvalue weighted by Crippen LogP contribution is 2.36. The summed E-state index contributed by atoms with van der Waals surface area (Å²) in [5.41, 5.74) is 5.98. The third-order valence-corrected chi connectivity index (χ3v) is 5.64. The van der Waals surface area contributed by atoms with Gasteiger partial charge in [0.1, 0.15) is 0 Å². The van der Waals surface area contributed by atoms with E-state index in [9.17, 15) is 0 Å². The lowest BCUT2D eigenvalue weighted by Gasteiger charge is -2.50. The summed E-state index contributed by atoms with van der Waals surface area (Å²) in [7, 11) is 8.62. The molecule has 4 nitrogen and oxygen atoms in total. The van der Waals surface area contributed by atoms with Crippen LogP contribution in [0.3, 0.4) is 0 Å². The van der Waals surface area contributed by atoms with Gasteiger partial charge in [-0.2, -0.15) is 5.84 Å². The first-order valence-electron chi connectivity index (χ1n) is 8.88. The van der Waals surface area contributed by atoms with Crippen molar-refractivity contribution in [2.24, 2.45) is 22.9 Å². The number of unbranched alkanes of at least 4 members (excludes halogenated alkanes) is 2. The van der Waals surface area contributed by atoms with Gasteiger partial charge in [-0.1, -0.05) is 34.1 Å². The zero-order valence-electron chi connectivity index (χ0n) is 16.6. The van der Waals surface area contributed by atoms with E-state index in [1.807, 2.05) is 0 Å². The maximum Gasteiger partial charge on any atom is 0.172 e.